The Morgan fingerprint density at radius 3 is 2.02 bits per heavy atom. The Hall–Kier alpha value is -4.16. The number of anilines is 1. The Balaban J connectivity index is 1.35. The molecule has 244 valence electrons. The Morgan fingerprint density at radius 2 is 1.45 bits per heavy atom. The van der Waals surface area contributed by atoms with Crippen LogP contribution in [0.3, 0.4) is 0 Å². The van der Waals surface area contributed by atoms with Gasteiger partial charge < -0.3 is 15.0 Å². The number of carbonyl (C=O) groups is 3. The van der Waals surface area contributed by atoms with Crippen LogP contribution in [0, 0.1) is 17.8 Å². The number of allylic oxidation sites excluding steroid dienone is 4. The number of nitrogens with zero attached hydrogens (tertiary/aromatic N) is 1. The van der Waals surface area contributed by atoms with Crippen molar-refractivity contribution in [1.82, 2.24) is 4.90 Å². The number of halogens is 1. The normalized spacial score (nSPS) is 19.0. The summed E-state index contributed by atoms with van der Waals surface area (Å²) in [7, 11) is 0. The monoisotopic (exact) mass is 650 g/mol. The predicted molar refractivity (Wildman–Crippen MR) is 186 cm³/mol. The maximum Gasteiger partial charge on any atom is 0.262 e. The number of nitrogens with one attached hydrogen (secondary N) is 1. The van der Waals surface area contributed by atoms with Crippen molar-refractivity contribution in [3.05, 3.63) is 117 Å². The SMILES string of the molecule is Cc1ccc(NC(=O)COc2ccc(C3C4=C(CC(C)(C)CC4=O)N(CCc4ccccc4)C4=C3C(=O)CC(C)(C)C4)cc2Cl)cc1. The highest BCUT2D eigenvalue weighted by Crippen LogP contribution is 2.54. The summed E-state index contributed by atoms with van der Waals surface area (Å²) in [6, 6.07) is 23.3. The molecule has 1 heterocycles. The number of Topliss-reactive ketones (excluding diaryl/α,β-unsaturated/α-hetero) is 2. The first-order valence-corrected chi connectivity index (χ1v) is 16.8. The smallest absolute Gasteiger partial charge is 0.262 e. The number of hydrogen-bond donors (Lipinski definition) is 1. The molecule has 1 N–H and O–H groups in total. The number of aryl methyl sites for hydroxylation is 1. The predicted octanol–water partition coefficient (Wildman–Crippen LogP) is 8.59. The van der Waals surface area contributed by atoms with Gasteiger partial charge in [-0.05, 0) is 72.4 Å². The summed E-state index contributed by atoms with van der Waals surface area (Å²) in [4.78, 5) is 43.2. The molecular formula is C40H43ClN2O4. The maximum atomic E-state index is 14.1. The van der Waals surface area contributed by atoms with Crippen molar-refractivity contribution in [3.8, 4) is 5.75 Å². The number of rotatable bonds is 8. The van der Waals surface area contributed by atoms with Crippen LogP contribution in [-0.2, 0) is 20.8 Å². The van der Waals surface area contributed by atoms with Gasteiger partial charge in [-0.1, -0.05) is 93.4 Å². The molecule has 0 radical (unpaired) electrons. The number of ketones is 2. The lowest BCUT2D eigenvalue weighted by Crippen LogP contribution is -2.45. The van der Waals surface area contributed by atoms with Crippen LogP contribution in [-0.4, -0.2) is 35.5 Å². The van der Waals surface area contributed by atoms with Crippen LogP contribution in [0.15, 0.2) is 95.3 Å². The Morgan fingerprint density at radius 1 is 0.851 bits per heavy atom. The molecule has 0 atom stereocenters. The summed E-state index contributed by atoms with van der Waals surface area (Å²) in [5.74, 6) is -0.270. The van der Waals surface area contributed by atoms with Crippen molar-refractivity contribution in [2.45, 2.75) is 72.6 Å². The molecule has 0 fully saturated rings. The zero-order chi connectivity index (χ0) is 33.5. The molecule has 0 unspecified atom stereocenters. The van der Waals surface area contributed by atoms with Crippen LogP contribution >= 0.6 is 11.6 Å². The zero-order valence-corrected chi connectivity index (χ0v) is 28.7. The Bertz CT molecular complexity index is 1730. The lowest BCUT2D eigenvalue weighted by Gasteiger charge is -2.49. The average Bonchev–Trinajstić information content (AvgIpc) is 2.99. The van der Waals surface area contributed by atoms with E-state index in [0.717, 1.165) is 41.8 Å². The van der Waals surface area contributed by atoms with E-state index in [4.69, 9.17) is 16.3 Å². The lowest BCUT2D eigenvalue weighted by atomic mass is 9.63. The van der Waals surface area contributed by atoms with Crippen molar-refractivity contribution >= 4 is 34.8 Å². The highest BCUT2D eigenvalue weighted by atomic mass is 35.5. The fourth-order valence-electron chi connectivity index (χ4n) is 7.33. The largest absolute Gasteiger partial charge is 0.482 e. The molecule has 1 amide bonds. The van der Waals surface area contributed by atoms with Crippen LogP contribution < -0.4 is 10.1 Å². The molecule has 2 aliphatic carbocycles. The van der Waals surface area contributed by atoms with Gasteiger partial charge in [0.05, 0.1) is 5.02 Å². The number of carbonyl (C=O) groups excluding carboxylic acids is 3. The summed E-state index contributed by atoms with van der Waals surface area (Å²) in [6.45, 7) is 11.1. The maximum absolute atomic E-state index is 14.1. The van der Waals surface area contributed by atoms with Crippen LogP contribution in [0.4, 0.5) is 5.69 Å². The van der Waals surface area contributed by atoms with Gasteiger partial charge in [0, 0.05) is 53.5 Å². The number of benzene rings is 3. The second-order valence-corrected chi connectivity index (χ2v) is 15.2. The molecule has 3 aromatic rings. The molecule has 0 spiro atoms. The van der Waals surface area contributed by atoms with E-state index in [1.54, 1.807) is 12.1 Å². The van der Waals surface area contributed by atoms with Gasteiger partial charge in [-0.3, -0.25) is 14.4 Å². The molecule has 47 heavy (non-hydrogen) atoms. The van der Waals surface area contributed by atoms with Gasteiger partial charge in [-0.2, -0.15) is 0 Å². The van der Waals surface area contributed by atoms with E-state index in [-0.39, 0.29) is 34.9 Å². The first kappa shape index (κ1) is 32.8. The summed E-state index contributed by atoms with van der Waals surface area (Å²) < 4.78 is 5.83. The second-order valence-electron chi connectivity index (χ2n) is 14.8. The van der Waals surface area contributed by atoms with Gasteiger partial charge in [0.2, 0.25) is 0 Å². The van der Waals surface area contributed by atoms with E-state index in [1.165, 1.54) is 5.56 Å². The van der Waals surface area contributed by atoms with Crippen molar-refractivity contribution in [2.75, 3.05) is 18.5 Å². The van der Waals surface area contributed by atoms with E-state index in [9.17, 15) is 14.4 Å². The first-order chi connectivity index (χ1) is 22.3. The fraction of sp³-hybridized carbons (Fsp3) is 0.375. The third-order valence-corrected chi connectivity index (χ3v) is 9.77. The molecule has 0 saturated carbocycles. The van der Waals surface area contributed by atoms with Crippen molar-refractivity contribution < 1.29 is 19.1 Å². The fourth-order valence-corrected chi connectivity index (χ4v) is 7.57. The third kappa shape index (κ3) is 7.08. The minimum absolute atomic E-state index is 0.0828. The van der Waals surface area contributed by atoms with Crippen LogP contribution in [0.25, 0.3) is 0 Å². The quantitative estimate of drug-likeness (QED) is 0.264. The van der Waals surface area contributed by atoms with E-state index >= 15 is 0 Å². The van der Waals surface area contributed by atoms with Crippen molar-refractivity contribution in [3.63, 3.8) is 0 Å². The van der Waals surface area contributed by atoms with Gasteiger partial charge in [-0.15, -0.1) is 0 Å². The summed E-state index contributed by atoms with van der Waals surface area (Å²) in [5.41, 5.74) is 6.88. The van der Waals surface area contributed by atoms with E-state index < -0.39 is 5.92 Å². The van der Waals surface area contributed by atoms with Gasteiger partial charge in [0.1, 0.15) is 5.75 Å². The van der Waals surface area contributed by atoms with Gasteiger partial charge in [-0.25, -0.2) is 0 Å². The van der Waals surface area contributed by atoms with Crippen LogP contribution in [0.2, 0.25) is 5.02 Å². The summed E-state index contributed by atoms with van der Waals surface area (Å²) in [6.07, 6.45) is 3.13. The zero-order valence-electron chi connectivity index (χ0n) is 27.9. The molecule has 0 aromatic heterocycles. The lowest BCUT2D eigenvalue weighted by molar-refractivity contribution is -0.120. The number of hydrogen-bond acceptors (Lipinski definition) is 5. The molecule has 0 bridgehead atoms. The van der Waals surface area contributed by atoms with Crippen LogP contribution in [0.1, 0.15) is 76.0 Å². The minimum atomic E-state index is -0.503. The molecule has 1 aliphatic heterocycles. The van der Waals surface area contributed by atoms with E-state index in [1.807, 2.05) is 55.5 Å². The number of ether oxygens (including phenoxy) is 1. The molecule has 3 aliphatic rings. The van der Waals surface area contributed by atoms with Gasteiger partial charge >= 0.3 is 0 Å². The standard InChI is InChI=1S/C40H43ClN2O4/c1-25-11-14-28(15-12-25)42-35(46)24-47-34-16-13-27(19-29(34)41)36-37-30(20-39(2,3)22-32(37)44)43(18-17-26-9-7-6-8-10-26)31-21-40(4,5)23-33(45)38(31)36/h6-16,19,36H,17-18,20-24H2,1-5H3,(H,42,46). The third-order valence-electron chi connectivity index (χ3n) is 9.47. The highest BCUT2D eigenvalue weighted by Gasteiger charge is 2.49. The highest BCUT2D eigenvalue weighted by molar-refractivity contribution is 6.32. The topological polar surface area (TPSA) is 75.7 Å². The first-order valence-electron chi connectivity index (χ1n) is 16.4. The van der Waals surface area contributed by atoms with Crippen molar-refractivity contribution in [1.29, 1.82) is 0 Å². The number of amides is 1. The molecule has 0 saturated heterocycles. The van der Waals surface area contributed by atoms with Crippen LogP contribution in [0.5, 0.6) is 5.75 Å². The van der Waals surface area contributed by atoms with Gasteiger partial charge in [0.15, 0.2) is 18.2 Å². The molecule has 6 rings (SSSR count). The molecule has 6 nitrogen and oxygen atoms in total. The molecule has 7 heteroatoms. The molecule has 3 aromatic carbocycles. The summed E-state index contributed by atoms with van der Waals surface area (Å²) >= 11 is 6.80. The van der Waals surface area contributed by atoms with E-state index in [0.29, 0.717) is 47.0 Å². The second kappa shape index (κ2) is 12.8. The minimum Gasteiger partial charge on any atom is -0.482 e. The van der Waals surface area contributed by atoms with Crippen molar-refractivity contribution in [2.24, 2.45) is 10.8 Å². The van der Waals surface area contributed by atoms with E-state index in [2.05, 4.69) is 50.0 Å². The Kier molecular flexibility index (Phi) is 8.92. The molecular weight excluding hydrogens is 608 g/mol. The average molecular weight is 651 g/mol. The summed E-state index contributed by atoms with van der Waals surface area (Å²) in [5, 5.41) is 3.16. The Labute approximate surface area is 282 Å². The van der Waals surface area contributed by atoms with Gasteiger partial charge in [0.25, 0.3) is 5.91 Å².